The van der Waals surface area contributed by atoms with Crippen molar-refractivity contribution in [3.05, 3.63) is 55.7 Å². The van der Waals surface area contributed by atoms with E-state index in [1.54, 1.807) is 12.1 Å². The molecule has 0 aliphatic carbocycles. The van der Waals surface area contributed by atoms with Crippen LogP contribution >= 0.6 is 22.7 Å². The molecule has 22 heavy (non-hydrogen) atoms. The van der Waals surface area contributed by atoms with Gasteiger partial charge in [0.15, 0.2) is 0 Å². The lowest BCUT2D eigenvalue weighted by Gasteiger charge is -1.87. The molecule has 0 saturated carbocycles. The molecule has 8 heteroatoms. The summed E-state index contributed by atoms with van der Waals surface area (Å²) in [6, 6.07) is 5.35. The van der Waals surface area contributed by atoms with Crippen molar-refractivity contribution >= 4 is 54.6 Å². The first-order valence-electron chi connectivity index (χ1n) is 5.69. The van der Waals surface area contributed by atoms with Gasteiger partial charge in [-0.3, -0.25) is 0 Å². The highest BCUT2D eigenvalue weighted by molar-refractivity contribution is 7.25. The molecule has 1 aromatic carbocycles. The summed E-state index contributed by atoms with van der Waals surface area (Å²) in [7, 11) is 0. The maximum Gasteiger partial charge on any atom is 0.555 e. The Hall–Kier alpha value is -3.30. The summed E-state index contributed by atoms with van der Waals surface area (Å²) in [6.45, 7) is 21.0. The van der Waals surface area contributed by atoms with Gasteiger partial charge in [-0.25, -0.2) is 20.1 Å². The number of nitrogens with zero attached hydrogens (tertiary/aromatic N) is 6. The summed E-state index contributed by atoms with van der Waals surface area (Å²) in [5, 5.41) is 8.94. The van der Waals surface area contributed by atoms with E-state index >= 15 is 0 Å². The molecule has 0 radical (unpaired) electrons. The Morgan fingerprint density at radius 2 is 1.50 bits per heavy atom. The summed E-state index contributed by atoms with van der Waals surface area (Å²) >= 11 is 2.50. The number of thiazole rings is 2. The van der Waals surface area contributed by atoms with Gasteiger partial charge < -0.3 is 0 Å². The van der Waals surface area contributed by atoms with Gasteiger partial charge in [0, 0.05) is 0 Å². The minimum atomic E-state index is -0.0653. The van der Waals surface area contributed by atoms with Crippen molar-refractivity contribution in [1.82, 2.24) is 9.97 Å². The molecule has 0 spiro atoms. The quantitative estimate of drug-likeness (QED) is 0.598. The molecule has 100 valence electrons. The number of aromatic nitrogens is 2. The van der Waals surface area contributed by atoms with Crippen molar-refractivity contribution in [2.75, 3.05) is 0 Å². The van der Waals surface area contributed by atoms with Gasteiger partial charge in [-0.15, -0.1) is 22.7 Å². The van der Waals surface area contributed by atoms with Crippen LogP contribution in [-0.4, -0.2) is 9.97 Å². The number of nitriles is 1. The van der Waals surface area contributed by atoms with Crippen molar-refractivity contribution in [2.24, 2.45) is 0 Å². The van der Waals surface area contributed by atoms with E-state index in [0.29, 0.717) is 20.4 Å². The summed E-state index contributed by atoms with van der Waals surface area (Å²) in [5.74, 6) is -0.0653. The molecular formula is C14H2N6S2. The molecule has 0 unspecified atom stereocenters. The fourth-order valence-electron chi connectivity index (χ4n) is 1.81. The molecule has 0 amide bonds. The maximum absolute atomic E-state index is 8.94. The molecule has 3 rings (SSSR count). The first kappa shape index (κ1) is 13.7. The molecule has 0 bridgehead atoms. The lowest BCUT2D eigenvalue weighted by molar-refractivity contribution is 1.39. The third kappa shape index (κ3) is 1.97. The standard InChI is InChI=1S/C14H2N6S2/c1-16-9(6-15)13-19-7-4-5-8-11(10(7)21-13)22-14(20-8)12(17-2)18-3/h4-5H/b13-9-. The zero-order valence-corrected chi connectivity index (χ0v) is 12.3. The molecule has 2 heterocycles. The molecule has 3 aromatic rings. The second kappa shape index (κ2) is 5.24. The van der Waals surface area contributed by atoms with Crippen LogP contribution < -0.4 is 9.33 Å². The van der Waals surface area contributed by atoms with Gasteiger partial charge in [-0.05, 0) is 12.1 Å². The predicted molar refractivity (Wildman–Crippen MR) is 84.3 cm³/mol. The van der Waals surface area contributed by atoms with E-state index in [4.69, 9.17) is 25.0 Å². The molecule has 2 aromatic heterocycles. The molecule has 0 fully saturated rings. The van der Waals surface area contributed by atoms with E-state index < -0.39 is 0 Å². The Bertz CT molecular complexity index is 1090. The Kier molecular flexibility index (Phi) is 3.26. The normalized spacial score (nSPS) is 11.3. The molecule has 0 aliphatic rings. The van der Waals surface area contributed by atoms with E-state index in [0.717, 1.165) is 9.40 Å². The number of fused-ring (bicyclic) bond motifs is 3. The van der Waals surface area contributed by atoms with Crippen LogP contribution in [0.1, 0.15) is 0 Å². The van der Waals surface area contributed by atoms with Gasteiger partial charge in [0.05, 0.1) is 33.1 Å². The fourth-order valence-corrected chi connectivity index (χ4v) is 3.94. The number of hydrogen-bond acceptors (Lipinski definition) is 5. The zero-order chi connectivity index (χ0) is 15.7. The molecule has 0 atom stereocenters. The second-order valence-corrected chi connectivity index (χ2v) is 5.92. The average Bonchev–Trinajstić information content (AvgIpc) is 3.13. The predicted octanol–water partition coefficient (Wildman–Crippen LogP) is 2.36. The van der Waals surface area contributed by atoms with Crippen LogP contribution in [0, 0.1) is 31.0 Å². The maximum atomic E-state index is 8.94. The summed E-state index contributed by atoms with van der Waals surface area (Å²) < 4.78 is 2.36. The highest BCUT2D eigenvalue weighted by atomic mass is 32.1. The number of rotatable bonds is 0. The minimum absolute atomic E-state index is 0.0475. The van der Waals surface area contributed by atoms with E-state index in [1.807, 2.05) is 6.07 Å². The van der Waals surface area contributed by atoms with E-state index in [1.165, 1.54) is 22.7 Å². The van der Waals surface area contributed by atoms with Crippen molar-refractivity contribution < 1.29 is 0 Å². The van der Waals surface area contributed by atoms with Crippen molar-refractivity contribution in [2.45, 2.75) is 0 Å². The van der Waals surface area contributed by atoms with Crippen LogP contribution in [0.15, 0.2) is 12.1 Å². The van der Waals surface area contributed by atoms with Crippen molar-refractivity contribution in [3.63, 3.8) is 0 Å². The van der Waals surface area contributed by atoms with Gasteiger partial charge in [0.25, 0.3) is 5.70 Å². The topological polar surface area (TPSA) is 62.6 Å². The second-order valence-electron chi connectivity index (χ2n) is 3.92. The number of benzene rings is 1. The van der Waals surface area contributed by atoms with Crippen LogP contribution in [0.5, 0.6) is 0 Å². The summed E-state index contributed by atoms with van der Waals surface area (Å²) in [6.07, 6.45) is 0. The Labute approximate surface area is 132 Å². The summed E-state index contributed by atoms with van der Waals surface area (Å²) in [4.78, 5) is 18.1. The van der Waals surface area contributed by atoms with Gasteiger partial charge in [0.1, 0.15) is 17.8 Å². The molecular weight excluding hydrogens is 316 g/mol. The Balaban J connectivity index is 2.50. The van der Waals surface area contributed by atoms with Crippen molar-refractivity contribution in [1.29, 1.82) is 5.26 Å². The fraction of sp³-hybridized carbons (Fsp3) is 0. The average molecular weight is 318 g/mol. The van der Waals surface area contributed by atoms with Gasteiger partial charge >= 0.3 is 5.82 Å². The SMILES string of the molecule is [C-]#[N+]C([N+]#[C-])=c1nc2ccc3n/c(=C(\C#N)[N+]#[C-])sc3c2s1. The first-order valence-corrected chi connectivity index (χ1v) is 7.32. The minimum Gasteiger partial charge on any atom is -0.248 e. The summed E-state index contributed by atoms with van der Waals surface area (Å²) in [5.41, 5.74) is 1.30. The van der Waals surface area contributed by atoms with E-state index in [-0.39, 0.29) is 11.5 Å². The lowest BCUT2D eigenvalue weighted by Crippen LogP contribution is -1.99. The molecule has 6 nitrogen and oxygen atoms in total. The monoisotopic (exact) mass is 318 g/mol. The highest BCUT2D eigenvalue weighted by Gasteiger charge is 2.14. The van der Waals surface area contributed by atoms with Crippen LogP contribution in [0.2, 0.25) is 0 Å². The van der Waals surface area contributed by atoms with Crippen LogP contribution in [0.25, 0.3) is 46.5 Å². The molecule has 0 saturated heterocycles. The van der Waals surface area contributed by atoms with Crippen LogP contribution in [0.3, 0.4) is 0 Å². The highest BCUT2D eigenvalue weighted by Crippen LogP contribution is 2.27. The third-order valence-corrected chi connectivity index (χ3v) is 5.04. The van der Waals surface area contributed by atoms with Gasteiger partial charge in [0.2, 0.25) is 4.66 Å². The van der Waals surface area contributed by atoms with Crippen LogP contribution in [0.4, 0.5) is 0 Å². The van der Waals surface area contributed by atoms with E-state index in [9.17, 15) is 0 Å². The van der Waals surface area contributed by atoms with Gasteiger partial charge in [-0.1, -0.05) is 0 Å². The third-order valence-electron chi connectivity index (χ3n) is 2.74. The zero-order valence-electron chi connectivity index (χ0n) is 10.7. The Morgan fingerprint density at radius 3 is 2.00 bits per heavy atom. The van der Waals surface area contributed by atoms with Gasteiger partial charge in [-0.2, -0.15) is 9.69 Å². The smallest absolute Gasteiger partial charge is 0.248 e. The Morgan fingerprint density at radius 1 is 0.955 bits per heavy atom. The lowest BCUT2D eigenvalue weighted by atomic mass is 10.3. The van der Waals surface area contributed by atoms with Crippen molar-refractivity contribution in [3.8, 4) is 6.07 Å². The molecule has 0 aliphatic heterocycles. The molecule has 0 N–H and O–H groups in total. The first-order chi connectivity index (χ1) is 10.7. The largest absolute Gasteiger partial charge is 0.555 e. The van der Waals surface area contributed by atoms with E-state index in [2.05, 4.69) is 24.5 Å². The van der Waals surface area contributed by atoms with Crippen LogP contribution in [-0.2, 0) is 0 Å². The number of hydrogen-bond donors (Lipinski definition) is 0.